The average Bonchev–Trinajstić information content (AvgIpc) is 2.62. The fraction of sp³-hybridized carbons (Fsp3) is 0.316. The van der Waals surface area contributed by atoms with Gasteiger partial charge in [0, 0.05) is 31.4 Å². The normalized spacial score (nSPS) is 17.4. The lowest BCUT2D eigenvalue weighted by molar-refractivity contribution is 0.0710. The monoisotopic (exact) mass is 325 g/mol. The van der Waals surface area contributed by atoms with E-state index in [1.165, 1.54) is 0 Å². The molecular formula is C19H23N3O2. The maximum atomic E-state index is 12.9. The Morgan fingerprint density at radius 2 is 1.96 bits per heavy atom. The van der Waals surface area contributed by atoms with E-state index in [2.05, 4.69) is 17.6 Å². The Hall–Kier alpha value is -2.53. The molecule has 3 rings (SSSR count). The molecule has 1 atom stereocenters. The van der Waals surface area contributed by atoms with E-state index in [1.54, 1.807) is 7.11 Å². The van der Waals surface area contributed by atoms with Crippen molar-refractivity contribution < 1.29 is 9.53 Å². The van der Waals surface area contributed by atoms with E-state index in [0.29, 0.717) is 11.6 Å². The Labute approximate surface area is 142 Å². The van der Waals surface area contributed by atoms with Crippen LogP contribution in [0.15, 0.2) is 48.5 Å². The molecule has 2 aromatic rings. The number of hydrogen-bond donors (Lipinski definition) is 2. The summed E-state index contributed by atoms with van der Waals surface area (Å²) in [5, 5.41) is 6.70. The zero-order valence-electron chi connectivity index (χ0n) is 14.1. The summed E-state index contributed by atoms with van der Waals surface area (Å²) in [6.45, 7) is 4.40. The lowest BCUT2D eigenvalue weighted by Gasteiger charge is -2.32. The quantitative estimate of drug-likeness (QED) is 0.907. The minimum absolute atomic E-state index is 0.0694. The molecule has 126 valence electrons. The zero-order chi connectivity index (χ0) is 16.9. The van der Waals surface area contributed by atoms with Crippen LogP contribution in [0.3, 0.4) is 0 Å². The fourth-order valence-corrected chi connectivity index (χ4v) is 2.90. The van der Waals surface area contributed by atoms with Crippen molar-refractivity contribution in [2.75, 3.05) is 32.1 Å². The van der Waals surface area contributed by atoms with Crippen LogP contribution in [0.1, 0.15) is 17.3 Å². The molecule has 1 aliphatic rings. The number of amides is 1. The van der Waals surface area contributed by atoms with Crippen molar-refractivity contribution in [2.24, 2.45) is 0 Å². The maximum Gasteiger partial charge on any atom is 0.256 e. The van der Waals surface area contributed by atoms with Gasteiger partial charge in [0.1, 0.15) is 5.75 Å². The number of nitrogens with one attached hydrogen (secondary N) is 2. The molecule has 24 heavy (non-hydrogen) atoms. The van der Waals surface area contributed by atoms with Crippen LogP contribution in [0, 0.1) is 0 Å². The number of nitrogens with zero attached hydrogens (tertiary/aromatic N) is 1. The first-order chi connectivity index (χ1) is 11.7. The molecule has 1 unspecified atom stereocenters. The standard InChI is InChI=1S/C19H23N3O2/c1-14-13-22(12-11-20-14)19(23)17-5-3-4-6-18(17)21-15-7-9-16(24-2)10-8-15/h3-10,14,20-21H,11-13H2,1-2H3. The summed E-state index contributed by atoms with van der Waals surface area (Å²) in [6, 6.07) is 15.6. The van der Waals surface area contributed by atoms with Gasteiger partial charge in [-0.2, -0.15) is 0 Å². The van der Waals surface area contributed by atoms with Crippen molar-refractivity contribution in [1.82, 2.24) is 10.2 Å². The van der Waals surface area contributed by atoms with Gasteiger partial charge in [-0.3, -0.25) is 4.79 Å². The summed E-state index contributed by atoms with van der Waals surface area (Å²) in [5.41, 5.74) is 2.44. The number of benzene rings is 2. The molecule has 1 saturated heterocycles. The highest BCUT2D eigenvalue weighted by Gasteiger charge is 2.23. The molecule has 0 bridgehead atoms. The van der Waals surface area contributed by atoms with Crippen LogP contribution >= 0.6 is 0 Å². The Morgan fingerprint density at radius 3 is 2.67 bits per heavy atom. The smallest absolute Gasteiger partial charge is 0.256 e. The predicted molar refractivity (Wildman–Crippen MR) is 96.1 cm³/mol. The predicted octanol–water partition coefficient (Wildman–Crippen LogP) is 2.87. The van der Waals surface area contributed by atoms with Crippen molar-refractivity contribution in [1.29, 1.82) is 0 Å². The molecule has 2 N–H and O–H groups in total. The van der Waals surface area contributed by atoms with Crippen molar-refractivity contribution in [3.63, 3.8) is 0 Å². The Balaban J connectivity index is 1.80. The van der Waals surface area contributed by atoms with E-state index in [-0.39, 0.29) is 5.91 Å². The van der Waals surface area contributed by atoms with Crippen molar-refractivity contribution in [3.05, 3.63) is 54.1 Å². The molecule has 5 heteroatoms. The van der Waals surface area contributed by atoms with Gasteiger partial charge in [0.05, 0.1) is 18.4 Å². The second-order valence-electron chi connectivity index (χ2n) is 6.01. The third-order valence-corrected chi connectivity index (χ3v) is 4.18. The summed E-state index contributed by atoms with van der Waals surface area (Å²) >= 11 is 0. The van der Waals surface area contributed by atoms with Crippen LogP contribution < -0.4 is 15.4 Å². The van der Waals surface area contributed by atoms with Gasteiger partial charge in [0.25, 0.3) is 5.91 Å². The van der Waals surface area contributed by atoms with Crippen LogP contribution in [-0.4, -0.2) is 43.6 Å². The Bertz CT molecular complexity index is 700. The Kier molecular flexibility index (Phi) is 5.01. The molecule has 2 aromatic carbocycles. The second-order valence-corrected chi connectivity index (χ2v) is 6.01. The number of carbonyl (C=O) groups is 1. The molecule has 1 heterocycles. The van der Waals surface area contributed by atoms with Crippen LogP contribution in [0.25, 0.3) is 0 Å². The first kappa shape index (κ1) is 16.3. The van der Waals surface area contributed by atoms with Crippen LogP contribution in [0.4, 0.5) is 11.4 Å². The van der Waals surface area contributed by atoms with Gasteiger partial charge in [-0.1, -0.05) is 12.1 Å². The highest BCUT2D eigenvalue weighted by atomic mass is 16.5. The van der Waals surface area contributed by atoms with E-state index in [0.717, 1.165) is 36.8 Å². The highest BCUT2D eigenvalue weighted by Crippen LogP contribution is 2.24. The zero-order valence-corrected chi connectivity index (χ0v) is 14.1. The third kappa shape index (κ3) is 3.68. The number of anilines is 2. The first-order valence-corrected chi connectivity index (χ1v) is 8.20. The SMILES string of the molecule is COc1ccc(Nc2ccccc2C(=O)N2CCNC(C)C2)cc1. The van der Waals surface area contributed by atoms with E-state index in [4.69, 9.17) is 4.74 Å². The number of hydrogen-bond acceptors (Lipinski definition) is 4. The largest absolute Gasteiger partial charge is 0.497 e. The molecule has 0 saturated carbocycles. The van der Waals surface area contributed by atoms with Crippen LogP contribution in [-0.2, 0) is 0 Å². The molecule has 1 amide bonds. The molecule has 0 aromatic heterocycles. The minimum Gasteiger partial charge on any atom is -0.497 e. The van der Waals surface area contributed by atoms with Crippen LogP contribution in [0.2, 0.25) is 0 Å². The average molecular weight is 325 g/mol. The number of rotatable bonds is 4. The van der Waals surface area contributed by atoms with Crippen molar-refractivity contribution in [2.45, 2.75) is 13.0 Å². The number of para-hydroxylation sites is 1. The Morgan fingerprint density at radius 1 is 1.21 bits per heavy atom. The number of carbonyl (C=O) groups excluding carboxylic acids is 1. The van der Waals surface area contributed by atoms with Crippen molar-refractivity contribution >= 4 is 17.3 Å². The molecular weight excluding hydrogens is 302 g/mol. The first-order valence-electron chi connectivity index (χ1n) is 8.20. The summed E-state index contributed by atoms with van der Waals surface area (Å²) in [6.07, 6.45) is 0. The topological polar surface area (TPSA) is 53.6 Å². The summed E-state index contributed by atoms with van der Waals surface area (Å²) in [7, 11) is 1.64. The lowest BCUT2D eigenvalue weighted by atomic mass is 10.1. The molecule has 0 spiro atoms. The molecule has 5 nitrogen and oxygen atoms in total. The van der Waals surface area contributed by atoms with Gasteiger partial charge in [-0.05, 0) is 43.3 Å². The van der Waals surface area contributed by atoms with Crippen LogP contribution in [0.5, 0.6) is 5.75 Å². The molecule has 0 radical (unpaired) electrons. The number of methoxy groups -OCH3 is 1. The van der Waals surface area contributed by atoms with Gasteiger partial charge in [0.15, 0.2) is 0 Å². The van der Waals surface area contributed by atoms with E-state index in [1.807, 2.05) is 53.4 Å². The third-order valence-electron chi connectivity index (χ3n) is 4.18. The summed E-state index contributed by atoms with van der Waals surface area (Å²) in [5.74, 6) is 0.875. The van der Waals surface area contributed by atoms with Gasteiger partial charge in [-0.15, -0.1) is 0 Å². The van der Waals surface area contributed by atoms with E-state index >= 15 is 0 Å². The lowest BCUT2D eigenvalue weighted by Crippen LogP contribution is -2.51. The molecule has 1 aliphatic heterocycles. The minimum atomic E-state index is 0.0694. The molecule has 0 aliphatic carbocycles. The van der Waals surface area contributed by atoms with Gasteiger partial charge < -0.3 is 20.3 Å². The van der Waals surface area contributed by atoms with Crippen molar-refractivity contribution in [3.8, 4) is 5.75 Å². The maximum absolute atomic E-state index is 12.9. The summed E-state index contributed by atoms with van der Waals surface area (Å²) < 4.78 is 5.18. The number of piperazine rings is 1. The fourth-order valence-electron chi connectivity index (χ4n) is 2.90. The van der Waals surface area contributed by atoms with Gasteiger partial charge in [-0.25, -0.2) is 0 Å². The van der Waals surface area contributed by atoms with Gasteiger partial charge >= 0.3 is 0 Å². The van der Waals surface area contributed by atoms with Gasteiger partial charge in [0.2, 0.25) is 0 Å². The van der Waals surface area contributed by atoms with E-state index in [9.17, 15) is 4.79 Å². The molecule has 1 fully saturated rings. The van der Waals surface area contributed by atoms with E-state index < -0.39 is 0 Å². The highest BCUT2D eigenvalue weighted by molar-refractivity contribution is 6.00. The second kappa shape index (κ2) is 7.36. The number of ether oxygens (including phenoxy) is 1. The summed E-state index contributed by atoms with van der Waals surface area (Å²) in [4.78, 5) is 14.8.